The molecule has 1 aliphatic rings. The molecule has 10 heteroatoms. The number of aliphatic hydroxyl groups is 4. The maximum absolute atomic E-state index is 11.9. The topological polar surface area (TPSA) is 152 Å². The van der Waals surface area contributed by atoms with Crippen molar-refractivity contribution in [2.75, 3.05) is 20.6 Å². The van der Waals surface area contributed by atoms with Crippen LogP contribution >= 0.6 is 0 Å². The van der Waals surface area contributed by atoms with Crippen LogP contribution in [-0.4, -0.2) is 111 Å². The van der Waals surface area contributed by atoms with Crippen molar-refractivity contribution < 1.29 is 39.8 Å². The Morgan fingerprint density at radius 3 is 2.28 bits per heavy atom. The Morgan fingerprint density at radius 2 is 1.77 bits per heavy atom. The molecule has 1 heterocycles. The molecule has 0 aromatic heterocycles. The highest BCUT2D eigenvalue weighted by Crippen LogP contribution is 2.33. The number of hydrogen-bond acceptors (Lipinski definition) is 9. The SMILES string of the molecule is CCC[C@@](C)(O)[C@H](O)[C@@H](C)N(C)C[C@H](C)C[C@@](C)(O)C[C@@H](C)C(O[C@H]1CC(NC)[C@H](O)C(C)O1)[C@@H](C)C(=O)O. The largest absolute Gasteiger partial charge is 0.481 e. The fraction of sp³-hybridized carbons (Fsp3) is 0.966. The minimum absolute atomic E-state index is 0.0691. The van der Waals surface area contributed by atoms with Gasteiger partial charge in [-0.1, -0.05) is 27.2 Å². The number of nitrogens with one attached hydrogen (secondary N) is 1. The van der Waals surface area contributed by atoms with E-state index >= 15 is 0 Å². The highest BCUT2D eigenvalue weighted by Gasteiger charge is 2.41. The number of carboxylic acids is 1. The average molecular weight is 563 g/mol. The van der Waals surface area contributed by atoms with Gasteiger partial charge in [-0.25, -0.2) is 0 Å². The molecule has 0 aromatic carbocycles. The quantitative estimate of drug-likeness (QED) is 0.156. The molecule has 0 aliphatic carbocycles. The van der Waals surface area contributed by atoms with E-state index in [2.05, 4.69) is 5.32 Å². The van der Waals surface area contributed by atoms with Gasteiger partial charge < -0.3 is 45.2 Å². The van der Waals surface area contributed by atoms with Gasteiger partial charge in [0, 0.05) is 25.0 Å². The second-order valence-corrected chi connectivity index (χ2v) is 12.8. The summed E-state index contributed by atoms with van der Waals surface area (Å²) in [5.41, 5.74) is -2.26. The summed E-state index contributed by atoms with van der Waals surface area (Å²) in [5, 5.41) is 55.9. The van der Waals surface area contributed by atoms with Crippen LogP contribution in [0.25, 0.3) is 0 Å². The summed E-state index contributed by atoms with van der Waals surface area (Å²) in [5.74, 6) is -2.03. The van der Waals surface area contributed by atoms with Gasteiger partial charge in [0.2, 0.25) is 0 Å². The van der Waals surface area contributed by atoms with Crippen LogP contribution in [0, 0.1) is 17.8 Å². The van der Waals surface area contributed by atoms with Gasteiger partial charge in [-0.05, 0) is 79.8 Å². The number of hydrogen-bond donors (Lipinski definition) is 6. The van der Waals surface area contributed by atoms with E-state index in [4.69, 9.17) is 9.47 Å². The second-order valence-electron chi connectivity index (χ2n) is 12.8. The third-order valence-corrected chi connectivity index (χ3v) is 8.52. The number of nitrogens with zero attached hydrogens (tertiary/aromatic N) is 1. The van der Waals surface area contributed by atoms with E-state index in [0.29, 0.717) is 32.2 Å². The predicted octanol–water partition coefficient (Wildman–Crippen LogP) is 2.21. The maximum atomic E-state index is 11.9. The average Bonchev–Trinajstić information content (AvgIpc) is 2.81. The van der Waals surface area contributed by atoms with Gasteiger partial charge in [0.1, 0.15) is 0 Å². The molecule has 0 spiro atoms. The van der Waals surface area contributed by atoms with Crippen LogP contribution in [0.15, 0.2) is 0 Å². The first-order valence-electron chi connectivity index (χ1n) is 14.6. The Kier molecular flexibility index (Phi) is 14.3. The number of carbonyl (C=O) groups is 1. The minimum atomic E-state index is -1.17. The standard InChI is InChI=1S/C29H58N2O8/c1-11-12-29(8,37)26(33)20(5)31(10)16-17(2)14-28(7,36)15-18(3)25(19(4)27(34)35)39-23-13-22(30-9)24(32)21(6)38-23/h17-26,30,32-33,36-37H,11-16H2,1-10H3,(H,34,35)/t17-,18-,19-,20-,21?,22?,23+,24-,25?,26-,28-,29-/m1/s1. The van der Waals surface area contributed by atoms with Gasteiger partial charge in [0.05, 0.1) is 41.5 Å². The number of aliphatic carboxylic acids is 1. The zero-order valence-electron chi connectivity index (χ0n) is 25.9. The van der Waals surface area contributed by atoms with Crippen LogP contribution in [0.5, 0.6) is 0 Å². The zero-order chi connectivity index (χ0) is 30.3. The van der Waals surface area contributed by atoms with Crippen molar-refractivity contribution in [3.63, 3.8) is 0 Å². The molecule has 0 saturated carbocycles. The fourth-order valence-corrected chi connectivity index (χ4v) is 6.27. The zero-order valence-corrected chi connectivity index (χ0v) is 25.9. The van der Waals surface area contributed by atoms with Gasteiger partial charge >= 0.3 is 5.97 Å². The molecule has 39 heavy (non-hydrogen) atoms. The van der Waals surface area contributed by atoms with Crippen LogP contribution < -0.4 is 5.32 Å². The fourth-order valence-electron chi connectivity index (χ4n) is 6.27. The number of aliphatic hydroxyl groups excluding tert-OH is 2. The highest BCUT2D eigenvalue weighted by atomic mass is 16.7. The van der Waals surface area contributed by atoms with Crippen molar-refractivity contribution in [3.8, 4) is 0 Å². The lowest BCUT2D eigenvalue weighted by atomic mass is 9.80. The summed E-state index contributed by atoms with van der Waals surface area (Å²) in [6.07, 6.45) is -0.985. The molecule has 0 bridgehead atoms. The molecule has 1 rings (SSSR count). The predicted molar refractivity (Wildman–Crippen MR) is 151 cm³/mol. The number of carboxylic acid groups (broad SMARTS) is 1. The van der Waals surface area contributed by atoms with E-state index in [-0.39, 0.29) is 23.9 Å². The Labute approximate surface area is 236 Å². The summed E-state index contributed by atoms with van der Waals surface area (Å²) in [6, 6.07) is -0.507. The first kappa shape index (κ1) is 36.2. The summed E-state index contributed by atoms with van der Waals surface area (Å²) in [7, 11) is 3.66. The molecule has 12 atom stereocenters. The highest BCUT2D eigenvalue weighted by molar-refractivity contribution is 5.70. The van der Waals surface area contributed by atoms with Crippen molar-refractivity contribution in [1.29, 1.82) is 0 Å². The van der Waals surface area contributed by atoms with Crippen LogP contribution in [0.2, 0.25) is 0 Å². The van der Waals surface area contributed by atoms with Crippen molar-refractivity contribution >= 4 is 5.97 Å². The van der Waals surface area contributed by atoms with Crippen LogP contribution in [0.4, 0.5) is 0 Å². The smallest absolute Gasteiger partial charge is 0.308 e. The van der Waals surface area contributed by atoms with Crippen molar-refractivity contribution in [3.05, 3.63) is 0 Å². The molecule has 0 aromatic rings. The Bertz CT molecular complexity index is 736. The van der Waals surface area contributed by atoms with Gasteiger partial charge in [-0.15, -0.1) is 0 Å². The van der Waals surface area contributed by atoms with Gasteiger partial charge in [-0.2, -0.15) is 0 Å². The lowest BCUT2D eigenvalue weighted by Crippen LogP contribution is -2.54. The molecule has 232 valence electrons. The van der Waals surface area contributed by atoms with Crippen molar-refractivity contribution in [2.24, 2.45) is 17.8 Å². The molecular weight excluding hydrogens is 504 g/mol. The van der Waals surface area contributed by atoms with Gasteiger partial charge in [0.25, 0.3) is 0 Å². The minimum Gasteiger partial charge on any atom is -0.481 e. The Balaban J connectivity index is 2.86. The first-order valence-corrected chi connectivity index (χ1v) is 14.6. The van der Waals surface area contributed by atoms with E-state index in [0.717, 1.165) is 6.42 Å². The third-order valence-electron chi connectivity index (χ3n) is 8.52. The Hall–Kier alpha value is -0.850. The molecule has 3 unspecified atom stereocenters. The number of rotatable bonds is 17. The number of likely N-dealkylation sites (N-methyl/N-ethyl adjacent to an activating group) is 2. The van der Waals surface area contributed by atoms with E-state index < -0.39 is 53.8 Å². The molecular formula is C29H58N2O8. The summed E-state index contributed by atoms with van der Waals surface area (Å²) in [6.45, 7) is 15.2. The maximum Gasteiger partial charge on any atom is 0.308 e. The molecule has 1 fully saturated rings. The lowest BCUT2D eigenvalue weighted by molar-refractivity contribution is -0.255. The van der Waals surface area contributed by atoms with E-state index in [1.807, 2.05) is 39.6 Å². The first-order chi connectivity index (χ1) is 17.9. The second kappa shape index (κ2) is 15.4. The molecule has 1 saturated heterocycles. The molecule has 10 nitrogen and oxygen atoms in total. The Morgan fingerprint density at radius 1 is 1.18 bits per heavy atom. The van der Waals surface area contributed by atoms with E-state index in [1.165, 1.54) is 0 Å². The van der Waals surface area contributed by atoms with Crippen LogP contribution in [0.1, 0.15) is 87.5 Å². The van der Waals surface area contributed by atoms with Crippen LogP contribution in [0.3, 0.4) is 0 Å². The molecule has 1 aliphatic heterocycles. The monoisotopic (exact) mass is 562 g/mol. The molecule has 0 radical (unpaired) electrons. The van der Waals surface area contributed by atoms with Gasteiger partial charge in [-0.3, -0.25) is 4.79 Å². The van der Waals surface area contributed by atoms with E-state index in [9.17, 15) is 30.3 Å². The summed E-state index contributed by atoms with van der Waals surface area (Å²) >= 11 is 0. The van der Waals surface area contributed by atoms with E-state index in [1.54, 1.807) is 34.7 Å². The van der Waals surface area contributed by atoms with Crippen molar-refractivity contribution in [1.82, 2.24) is 10.2 Å². The summed E-state index contributed by atoms with van der Waals surface area (Å²) in [4.78, 5) is 13.9. The molecule has 0 amide bonds. The lowest BCUT2D eigenvalue weighted by Gasteiger charge is -2.41. The third kappa shape index (κ3) is 10.8. The van der Waals surface area contributed by atoms with Crippen LogP contribution in [-0.2, 0) is 14.3 Å². The van der Waals surface area contributed by atoms with Gasteiger partial charge in [0.15, 0.2) is 6.29 Å². The number of ether oxygens (including phenoxy) is 2. The summed E-state index contributed by atoms with van der Waals surface area (Å²) < 4.78 is 12.1. The molecule has 6 N–H and O–H groups in total. The normalized spacial score (nSPS) is 30.0. The van der Waals surface area contributed by atoms with Crippen molar-refractivity contribution in [2.45, 2.75) is 141 Å².